The largest absolute Gasteiger partial charge is 0.472 e. The first-order chi connectivity index (χ1) is 49.7. The van der Waals surface area contributed by atoms with Crippen LogP contribution in [0.2, 0.25) is 0 Å². The van der Waals surface area contributed by atoms with Crippen LogP contribution in [0.3, 0.4) is 0 Å². The molecule has 608 valence electrons. The van der Waals surface area contributed by atoms with Gasteiger partial charge < -0.3 is 89.1 Å². The summed E-state index contributed by atoms with van der Waals surface area (Å²) in [6.07, 6.45) is 17.1. The molecular formula is C78H147O24P. The SMILES string of the molecule is CCCCCCCCCCCCCCCCCCCC(=O)OC(COC(=O)CCCCCCCCCCCCCCCCC)COP(=O)(O)OC1C(OC2OC(CO)C(O)C(O)C2O)C(O)C(O)C(O)C1OC1OC(COC(=O)CCCCCCCCC(C)CCCCCCCC)C(O)C(O)C1O. The topological polar surface area (TPSA) is 374 Å². The van der Waals surface area contributed by atoms with Crippen LogP contribution < -0.4 is 0 Å². The average molecular weight is 1500 g/mol. The van der Waals surface area contributed by atoms with Crippen molar-refractivity contribution in [1.29, 1.82) is 0 Å². The van der Waals surface area contributed by atoms with E-state index in [9.17, 15) is 74.9 Å². The first kappa shape index (κ1) is 95.2. The number of carbonyl (C=O) groups is 3. The monoisotopic (exact) mass is 1500 g/mol. The maximum atomic E-state index is 14.4. The van der Waals surface area contributed by atoms with Crippen molar-refractivity contribution in [3.63, 3.8) is 0 Å². The number of aliphatic hydroxyl groups excluding tert-OH is 10. The van der Waals surface area contributed by atoms with Crippen molar-refractivity contribution in [2.24, 2.45) is 5.92 Å². The molecular weight excluding hydrogens is 1350 g/mol. The zero-order valence-corrected chi connectivity index (χ0v) is 64.9. The molecule has 1 aliphatic carbocycles. The average Bonchev–Trinajstić information content (AvgIpc) is 0.761. The number of unbranched alkanes of at least 4 members (excludes halogenated alkanes) is 40. The highest BCUT2D eigenvalue weighted by Gasteiger charge is 2.58. The summed E-state index contributed by atoms with van der Waals surface area (Å²) in [4.78, 5) is 51.2. The normalized spacial score (nSPS) is 27.1. The van der Waals surface area contributed by atoms with Gasteiger partial charge >= 0.3 is 25.7 Å². The zero-order valence-electron chi connectivity index (χ0n) is 64.0. The second-order valence-corrected chi connectivity index (χ2v) is 31.5. The summed E-state index contributed by atoms with van der Waals surface area (Å²) in [5.74, 6) is -1.27. The lowest BCUT2D eigenvalue weighted by Gasteiger charge is -2.49. The van der Waals surface area contributed by atoms with Crippen molar-refractivity contribution < 1.29 is 117 Å². The van der Waals surface area contributed by atoms with E-state index in [0.29, 0.717) is 25.2 Å². The molecule has 1 saturated carbocycles. The molecule has 3 rings (SSSR count). The van der Waals surface area contributed by atoms with E-state index in [1.807, 2.05) is 0 Å². The molecule has 0 bridgehead atoms. The number of phosphoric ester groups is 1. The molecule has 2 saturated heterocycles. The third-order valence-corrected chi connectivity index (χ3v) is 21.8. The third-order valence-electron chi connectivity index (χ3n) is 20.8. The Kier molecular flexibility index (Phi) is 54.4. The van der Waals surface area contributed by atoms with Crippen molar-refractivity contribution in [2.75, 3.05) is 26.4 Å². The minimum absolute atomic E-state index is 0.0311. The highest BCUT2D eigenvalue weighted by atomic mass is 31.2. The summed E-state index contributed by atoms with van der Waals surface area (Å²) in [5, 5.41) is 110. The van der Waals surface area contributed by atoms with E-state index in [1.165, 1.54) is 186 Å². The Labute approximate surface area is 619 Å². The fraction of sp³-hybridized carbons (Fsp3) is 0.962. The molecule has 0 amide bonds. The lowest BCUT2D eigenvalue weighted by Crippen LogP contribution is -2.69. The van der Waals surface area contributed by atoms with E-state index in [2.05, 4.69) is 27.7 Å². The number of esters is 3. The van der Waals surface area contributed by atoms with Crippen molar-refractivity contribution >= 4 is 25.7 Å². The molecule has 19 unspecified atom stereocenters. The Balaban J connectivity index is 1.70. The van der Waals surface area contributed by atoms with E-state index >= 15 is 0 Å². The number of rotatable bonds is 65. The molecule has 0 aromatic carbocycles. The van der Waals surface area contributed by atoms with Gasteiger partial charge in [0.25, 0.3) is 0 Å². The number of hydrogen-bond acceptors (Lipinski definition) is 23. The van der Waals surface area contributed by atoms with Crippen LogP contribution in [-0.4, -0.2) is 204 Å². The molecule has 103 heavy (non-hydrogen) atoms. The summed E-state index contributed by atoms with van der Waals surface area (Å²) in [6, 6.07) is 0. The Hall–Kier alpha value is -2.04. The predicted molar refractivity (Wildman–Crippen MR) is 393 cm³/mol. The van der Waals surface area contributed by atoms with Crippen LogP contribution in [0.25, 0.3) is 0 Å². The lowest BCUT2D eigenvalue weighted by atomic mass is 9.84. The fourth-order valence-electron chi connectivity index (χ4n) is 14.0. The lowest BCUT2D eigenvalue weighted by molar-refractivity contribution is -0.360. The molecule has 2 heterocycles. The van der Waals surface area contributed by atoms with Crippen LogP contribution in [0, 0.1) is 5.92 Å². The molecule has 0 spiro atoms. The molecule has 3 fully saturated rings. The third kappa shape index (κ3) is 41.5. The van der Waals surface area contributed by atoms with Gasteiger partial charge in [0.05, 0.1) is 13.2 Å². The minimum Gasteiger partial charge on any atom is -0.463 e. The Morgan fingerprint density at radius 3 is 1.05 bits per heavy atom. The molecule has 24 nitrogen and oxygen atoms in total. The van der Waals surface area contributed by atoms with Crippen LogP contribution in [0.4, 0.5) is 0 Å². The minimum atomic E-state index is -5.70. The van der Waals surface area contributed by atoms with E-state index in [4.69, 9.17) is 42.2 Å². The molecule has 25 heteroatoms. The Morgan fingerprint density at radius 2 is 0.680 bits per heavy atom. The predicted octanol–water partition coefficient (Wildman–Crippen LogP) is 12.8. The standard InChI is InChI=1S/C78H147O24P/c1-5-8-11-14-17-19-21-23-25-26-28-30-32-34-36-43-48-53-64(82)97-59(55-94-62(80)51-46-41-35-33-31-29-27-24-22-20-18-15-12-9-6-2)56-96-103(92,93)102-76-74(100-77-72(90)67(85)65(83)60(54-79)98-77)70(88)69(87)71(89)75(76)101-78-73(91)68(86)66(84)61(99-78)57-95-63(81)52-47-42-38-37-40-45-50-58(4)49-44-39-16-13-10-7-3/h58-61,65-79,83-91H,5-57H2,1-4H3,(H,92,93). The number of phosphoric acid groups is 1. The van der Waals surface area contributed by atoms with Crippen LogP contribution in [0.1, 0.15) is 342 Å². The summed E-state index contributed by atoms with van der Waals surface area (Å²) in [6.45, 7) is 5.83. The number of aliphatic hydroxyl groups is 10. The summed E-state index contributed by atoms with van der Waals surface area (Å²) in [7, 11) is -5.70. The maximum absolute atomic E-state index is 14.4. The van der Waals surface area contributed by atoms with Crippen LogP contribution in [0.5, 0.6) is 0 Å². The maximum Gasteiger partial charge on any atom is 0.472 e. The highest BCUT2D eigenvalue weighted by Crippen LogP contribution is 2.49. The van der Waals surface area contributed by atoms with E-state index in [1.54, 1.807) is 0 Å². The summed E-state index contributed by atoms with van der Waals surface area (Å²) in [5.41, 5.74) is 0. The molecule has 19 atom stereocenters. The number of ether oxygens (including phenoxy) is 7. The van der Waals surface area contributed by atoms with Gasteiger partial charge in [0.15, 0.2) is 18.7 Å². The van der Waals surface area contributed by atoms with Crippen LogP contribution in [-0.2, 0) is 61.2 Å². The quantitative estimate of drug-likeness (QED) is 0.0117. The number of hydrogen-bond donors (Lipinski definition) is 11. The van der Waals surface area contributed by atoms with E-state index < -0.39 is 156 Å². The van der Waals surface area contributed by atoms with Gasteiger partial charge in [-0.15, -0.1) is 0 Å². The first-order valence-electron chi connectivity index (χ1n) is 41.2. The van der Waals surface area contributed by atoms with Gasteiger partial charge in [0.1, 0.15) is 98.7 Å². The van der Waals surface area contributed by atoms with Gasteiger partial charge in [-0.3, -0.25) is 23.4 Å². The highest BCUT2D eigenvalue weighted by molar-refractivity contribution is 7.47. The van der Waals surface area contributed by atoms with Gasteiger partial charge in [0, 0.05) is 19.3 Å². The molecule has 2 aliphatic heterocycles. The molecule has 0 aromatic heterocycles. The van der Waals surface area contributed by atoms with Crippen LogP contribution >= 0.6 is 7.82 Å². The Morgan fingerprint density at radius 1 is 0.369 bits per heavy atom. The second-order valence-electron chi connectivity index (χ2n) is 30.1. The Bertz CT molecular complexity index is 2130. The second kappa shape index (κ2) is 58.9. The van der Waals surface area contributed by atoms with Gasteiger partial charge in [-0.05, 0) is 25.2 Å². The van der Waals surface area contributed by atoms with Crippen molar-refractivity contribution in [3.8, 4) is 0 Å². The van der Waals surface area contributed by atoms with Crippen molar-refractivity contribution in [1.82, 2.24) is 0 Å². The van der Waals surface area contributed by atoms with Gasteiger partial charge in [0.2, 0.25) is 0 Å². The molecule has 11 N–H and O–H groups in total. The molecule has 0 radical (unpaired) electrons. The van der Waals surface area contributed by atoms with Crippen LogP contribution in [0.15, 0.2) is 0 Å². The van der Waals surface area contributed by atoms with Gasteiger partial charge in [-0.25, -0.2) is 4.57 Å². The van der Waals surface area contributed by atoms with E-state index in [-0.39, 0.29) is 19.3 Å². The fourth-order valence-corrected chi connectivity index (χ4v) is 15.0. The molecule has 0 aromatic rings. The van der Waals surface area contributed by atoms with Gasteiger partial charge in [-0.2, -0.15) is 0 Å². The van der Waals surface area contributed by atoms with E-state index in [0.717, 1.165) is 89.9 Å². The summed E-state index contributed by atoms with van der Waals surface area (Å²) < 4.78 is 65.3. The molecule has 3 aliphatic rings. The van der Waals surface area contributed by atoms with Gasteiger partial charge in [-0.1, -0.05) is 304 Å². The smallest absolute Gasteiger partial charge is 0.463 e. The van der Waals surface area contributed by atoms with Crippen molar-refractivity contribution in [2.45, 2.75) is 446 Å². The summed E-state index contributed by atoms with van der Waals surface area (Å²) >= 11 is 0. The first-order valence-corrected chi connectivity index (χ1v) is 42.7. The van der Waals surface area contributed by atoms with Crippen molar-refractivity contribution in [3.05, 3.63) is 0 Å². The zero-order chi connectivity index (χ0) is 75.5. The number of carbonyl (C=O) groups excluding carboxylic acids is 3.